The second-order valence-corrected chi connectivity index (χ2v) is 5.79. The van der Waals surface area contributed by atoms with E-state index in [0.717, 1.165) is 19.4 Å². The molecule has 1 heterocycles. The van der Waals surface area contributed by atoms with E-state index >= 15 is 0 Å². The summed E-state index contributed by atoms with van der Waals surface area (Å²) in [6.45, 7) is 3.21. The summed E-state index contributed by atoms with van der Waals surface area (Å²) in [6, 6.07) is 0.219. The fourth-order valence-corrected chi connectivity index (χ4v) is 2.97. The van der Waals surface area contributed by atoms with Gasteiger partial charge in [-0.05, 0) is 26.3 Å². The van der Waals surface area contributed by atoms with Gasteiger partial charge in [0.1, 0.15) is 0 Å². The molecule has 98 valence electrons. The van der Waals surface area contributed by atoms with Crippen molar-refractivity contribution in [1.29, 1.82) is 0 Å². The highest BCUT2D eigenvalue weighted by atomic mass is 35.5. The minimum atomic E-state index is -3.19. The highest BCUT2D eigenvalue weighted by molar-refractivity contribution is 7.89. The first-order valence-electron chi connectivity index (χ1n) is 5.27. The van der Waals surface area contributed by atoms with Crippen LogP contribution >= 0.6 is 12.4 Å². The fourth-order valence-electron chi connectivity index (χ4n) is 1.69. The Balaban J connectivity index is 0.00000225. The van der Waals surface area contributed by atoms with Gasteiger partial charge in [-0.25, -0.2) is 13.1 Å². The zero-order valence-corrected chi connectivity index (χ0v) is 11.4. The Labute approximate surface area is 104 Å². The molecule has 0 spiro atoms. The Morgan fingerprint density at radius 1 is 1.50 bits per heavy atom. The van der Waals surface area contributed by atoms with Gasteiger partial charge in [0, 0.05) is 19.2 Å². The van der Waals surface area contributed by atoms with Crippen molar-refractivity contribution in [2.45, 2.75) is 31.8 Å². The van der Waals surface area contributed by atoms with Gasteiger partial charge in [0.25, 0.3) is 0 Å². The van der Waals surface area contributed by atoms with Crippen molar-refractivity contribution in [1.82, 2.24) is 10.0 Å². The van der Waals surface area contributed by atoms with Gasteiger partial charge in [-0.1, -0.05) is 0 Å². The number of methoxy groups -OCH3 is 1. The molecule has 2 atom stereocenters. The summed E-state index contributed by atoms with van der Waals surface area (Å²) >= 11 is 0. The number of ether oxygens (including phenoxy) is 1. The highest BCUT2D eigenvalue weighted by Crippen LogP contribution is 2.09. The van der Waals surface area contributed by atoms with E-state index in [1.54, 1.807) is 0 Å². The topological polar surface area (TPSA) is 67.4 Å². The van der Waals surface area contributed by atoms with E-state index in [1.807, 2.05) is 6.92 Å². The van der Waals surface area contributed by atoms with Gasteiger partial charge in [-0.2, -0.15) is 0 Å². The summed E-state index contributed by atoms with van der Waals surface area (Å²) in [5.74, 6) is 0.0344. The van der Waals surface area contributed by atoms with E-state index in [0.29, 0.717) is 0 Å². The third-order valence-corrected chi connectivity index (χ3v) is 4.01. The summed E-state index contributed by atoms with van der Waals surface area (Å²) in [5.41, 5.74) is 0. The van der Waals surface area contributed by atoms with Crippen molar-refractivity contribution in [3.8, 4) is 0 Å². The molecular formula is C9H21ClN2O3S. The lowest BCUT2D eigenvalue weighted by atomic mass is 10.0. The number of sulfonamides is 1. The summed E-state index contributed by atoms with van der Waals surface area (Å²) in [4.78, 5) is 0. The fraction of sp³-hybridized carbons (Fsp3) is 1.00. The summed E-state index contributed by atoms with van der Waals surface area (Å²) in [6.07, 6.45) is 1.92. The molecule has 0 aromatic carbocycles. The standard InChI is InChI=1S/C9H20N2O3S.ClH/c1-8-9(4-3-5-10-8)11-15(12,13)7-6-14-2;/h8-11H,3-7H2,1-2H3;1H. The summed E-state index contributed by atoms with van der Waals surface area (Å²) in [5, 5.41) is 3.25. The Bertz CT molecular complexity index is 284. The van der Waals surface area contributed by atoms with E-state index in [2.05, 4.69) is 10.0 Å². The number of halogens is 1. The van der Waals surface area contributed by atoms with Crippen molar-refractivity contribution in [3.05, 3.63) is 0 Å². The Morgan fingerprint density at radius 2 is 2.19 bits per heavy atom. The van der Waals surface area contributed by atoms with Gasteiger partial charge in [-0.3, -0.25) is 0 Å². The molecule has 1 aliphatic heterocycles. The zero-order valence-electron chi connectivity index (χ0n) is 9.73. The van der Waals surface area contributed by atoms with Crippen LogP contribution in [-0.2, 0) is 14.8 Å². The third kappa shape index (κ3) is 5.45. The van der Waals surface area contributed by atoms with E-state index in [4.69, 9.17) is 4.74 Å². The Hall–Kier alpha value is 0.120. The van der Waals surface area contributed by atoms with Crippen LogP contribution in [0.2, 0.25) is 0 Å². The quantitative estimate of drug-likeness (QED) is 0.746. The van der Waals surface area contributed by atoms with Crippen molar-refractivity contribution in [2.24, 2.45) is 0 Å². The molecule has 7 heteroatoms. The number of hydrogen-bond acceptors (Lipinski definition) is 4. The van der Waals surface area contributed by atoms with E-state index in [1.165, 1.54) is 7.11 Å². The number of piperidine rings is 1. The van der Waals surface area contributed by atoms with Gasteiger partial charge in [0.2, 0.25) is 10.0 Å². The second-order valence-electron chi connectivity index (χ2n) is 3.92. The van der Waals surface area contributed by atoms with Gasteiger partial charge in [0.15, 0.2) is 0 Å². The molecule has 1 fully saturated rings. The van der Waals surface area contributed by atoms with E-state index in [9.17, 15) is 8.42 Å². The average Bonchev–Trinajstić information content (AvgIpc) is 2.18. The van der Waals surface area contributed by atoms with Gasteiger partial charge >= 0.3 is 0 Å². The molecular weight excluding hydrogens is 252 g/mol. The maximum absolute atomic E-state index is 11.6. The second kappa shape index (κ2) is 7.45. The van der Waals surface area contributed by atoms with Crippen LogP contribution in [0.4, 0.5) is 0 Å². The number of rotatable bonds is 5. The van der Waals surface area contributed by atoms with Crippen LogP contribution in [-0.4, -0.2) is 46.5 Å². The smallest absolute Gasteiger partial charge is 0.214 e. The van der Waals surface area contributed by atoms with Crippen LogP contribution < -0.4 is 10.0 Å². The summed E-state index contributed by atoms with van der Waals surface area (Å²) < 4.78 is 30.6. The highest BCUT2D eigenvalue weighted by Gasteiger charge is 2.24. The molecule has 0 saturated carbocycles. The predicted molar refractivity (Wildman–Crippen MR) is 66.5 cm³/mol. The van der Waals surface area contributed by atoms with Crippen molar-refractivity contribution >= 4 is 22.4 Å². The molecule has 16 heavy (non-hydrogen) atoms. The predicted octanol–water partition coefficient (Wildman–Crippen LogP) is 0.115. The minimum absolute atomic E-state index is 0. The van der Waals surface area contributed by atoms with Crippen LogP contribution in [0, 0.1) is 0 Å². The van der Waals surface area contributed by atoms with Crippen LogP contribution in [0.25, 0.3) is 0 Å². The molecule has 0 aromatic heterocycles. The number of nitrogens with one attached hydrogen (secondary N) is 2. The van der Waals surface area contributed by atoms with Crippen LogP contribution in [0.15, 0.2) is 0 Å². The molecule has 0 amide bonds. The maximum atomic E-state index is 11.6. The molecule has 0 radical (unpaired) electrons. The Morgan fingerprint density at radius 3 is 2.75 bits per heavy atom. The lowest BCUT2D eigenvalue weighted by molar-refractivity contribution is 0.216. The molecule has 0 aliphatic carbocycles. The van der Waals surface area contributed by atoms with Gasteiger partial charge in [-0.15, -0.1) is 12.4 Å². The first kappa shape index (κ1) is 16.1. The lowest BCUT2D eigenvalue weighted by Crippen LogP contribution is -2.52. The average molecular weight is 273 g/mol. The zero-order chi connectivity index (χ0) is 11.3. The first-order valence-corrected chi connectivity index (χ1v) is 6.93. The van der Waals surface area contributed by atoms with Crippen molar-refractivity contribution < 1.29 is 13.2 Å². The molecule has 1 aliphatic rings. The third-order valence-electron chi connectivity index (χ3n) is 2.65. The van der Waals surface area contributed by atoms with Crippen LogP contribution in [0.3, 0.4) is 0 Å². The number of hydrogen-bond donors (Lipinski definition) is 2. The van der Waals surface area contributed by atoms with Crippen LogP contribution in [0.5, 0.6) is 0 Å². The van der Waals surface area contributed by atoms with Gasteiger partial charge < -0.3 is 10.1 Å². The molecule has 0 bridgehead atoms. The molecule has 0 aromatic rings. The monoisotopic (exact) mass is 272 g/mol. The SMILES string of the molecule is COCCS(=O)(=O)NC1CCCNC1C.Cl. The van der Waals surface area contributed by atoms with Crippen LogP contribution in [0.1, 0.15) is 19.8 Å². The molecule has 2 unspecified atom stereocenters. The molecule has 2 N–H and O–H groups in total. The van der Waals surface area contributed by atoms with Crippen molar-refractivity contribution in [3.63, 3.8) is 0 Å². The maximum Gasteiger partial charge on any atom is 0.214 e. The molecule has 5 nitrogen and oxygen atoms in total. The minimum Gasteiger partial charge on any atom is -0.384 e. The van der Waals surface area contributed by atoms with Crippen molar-refractivity contribution in [2.75, 3.05) is 26.0 Å². The molecule has 1 saturated heterocycles. The van der Waals surface area contributed by atoms with E-state index in [-0.39, 0.29) is 36.9 Å². The summed E-state index contributed by atoms with van der Waals surface area (Å²) in [7, 11) is -1.69. The normalized spacial score (nSPS) is 26.1. The molecule has 1 rings (SSSR count). The van der Waals surface area contributed by atoms with Gasteiger partial charge in [0.05, 0.1) is 12.4 Å². The Kier molecular flexibility index (Phi) is 7.50. The largest absolute Gasteiger partial charge is 0.384 e. The lowest BCUT2D eigenvalue weighted by Gasteiger charge is -2.30. The first-order chi connectivity index (χ1) is 7.05. The van der Waals surface area contributed by atoms with E-state index < -0.39 is 10.0 Å².